The van der Waals surface area contributed by atoms with Crippen LogP contribution in [-0.4, -0.2) is 15.9 Å². The summed E-state index contributed by atoms with van der Waals surface area (Å²) in [6, 6.07) is 8.29. The number of rotatable bonds is 3. The van der Waals surface area contributed by atoms with Gasteiger partial charge in [0.1, 0.15) is 0 Å². The number of guanidine groups is 1. The second-order valence-corrected chi connectivity index (χ2v) is 5.21. The Kier molecular flexibility index (Phi) is 3.76. The quantitative estimate of drug-likeness (QED) is 0.668. The zero-order valence-electron chi connectivity index (χ0n) is 12.4. The van der Waals surface area contributed by atoms with Gasteiger partial charge < -0.3 is 11.1 Å². The van der Waals surface area contributed by atoms with Crippen LogP contribution in [0.2, 0.25) is 0 Å². The van der Waals surface area contributed by atoms with Crippen LogP contribution in [0.15, 0.2) is 53.8 Å². The van der Waals surface area contributed by atoms with Crippen LogP contribution < -0.4 is 11.1 Å². The lowest BCUT2D eigenvalue weighted by atomic mass is 10.00. The Balaban J connectivity index is 2.06. The molecule has 0 fully saturated rings. The molecule has 0 spiro atoms. The third-order valence-corrected chi connectivity index (χ3v) is 3.62. The van der Waals surface area contributed by atoms with Gasteiger partial charge in [-0.2, -0.15) is 0 Å². The van der Waals surface area contributed by atoms with E-state index in [9.17, 15) is 10.1 Å². The molecule has 3 N–H and O–H groups in total. The average Bonchev–Trinajstić information content (AvgIpc) is 2.55. The molecule has 0 saturated heterocycles. The summed E-state index contributed by atoms with van der Waals surface area (Å²) in [5, 5.41) is 14.1. The van der Waals surface area contributed by atoms with Gasteiger partial charge in [0, 0.05) is 30.1 Å². The molecule has 1 atom stereocenters. The number of nitro benzene ring substituents is 1. The van der Waals surface area contributed by atoms with E-state index in [2.05, 4.69) is 15.3 Å². The van der Waals surface area contributed by atoms with E-state index in [0.717, 1.165) is 11.1 Å². The van der Waals surface area contributed by atoms with Crippen LogP contribution in [0.25, 0.3) is 5.70 Å². The number of aryl methyl sites for hydroxylation is 1. The molecule has 0 aliphatic carbocycles. The average molecular weight is 309 g/mol. The van der Waals surface area contributed by atoms with E-state index in [1.165, 1.54) is 12.1 Å². The molecule has 3 rings (SSSR count). The normalized spacial score (nSPS) is 17.0. The summed E-state index contributed by atoms with van der Waals surface area (Å²) >= 11 is 0. The zero-order chi connectivity index (χ0) is 16.4. The molecule has 2 heterocycles. The molecular weight excluding hydrogens is 294 g/mol. The van der Waals surface area contributed by atoms with E-state index in [1.807, 2.05) is 25.1 Å². The van der Waals surface area contributed by atoms with E-state index in [1.54, 1.807) is 18.5 Å². The van der Waals surface area contributed by atoms with Crippen LogP contribution >= 0.6 is 0 Å². The van der Waals surface area contributed by atoms with Crippen molar-refractivity contribution in [3.8, 4) is 0 Å². The van der Waals surface area contributed by atoms with Gasteiger partial charge in [-0.25, -0.2) is 4.99 Å². The molecule has 1 aliphatic heterocycles. The monoisotopic (exact) mass is 309 g/mol. The second kappa shape index (κ2) is 5.88. The summed E-state index contributed by atoms with van der Waals surface area (Å²) in [5.74, 6) is 0.266. The highest BCUT2D eigenvalue weighted by Crippen LogP contribution is 2.29. The summed E-state index contributed by atoms with van der Waals surface area (Å²) in [6.45, 7) is 1.88. The number of non-ortho nitro benzene ring substituents is 1. The molecule has 116 valence electrons. The summed E-state index contributed by atoms with van der Waals surface area (Å²) in [5.41, 5.74) is 9.04. The molecule has 0 saturated carbocycles. The number of hydrogen-bond donors (Lipinski definition) is 2. The minimum atomic E-state index is -0.420. The molecule has 23 heavy (non-hydrogen) atoms. The predicted molar refractivity (Wildman–Crippen MR) is 87.5 cm³/mol. The Hall–Kier alpha value is -3.22. The van der Waals surface area contributed by atoms with Crippen molar-refractivity contribution in [2.45, 2.75) is 13.0 Å². The Labute approximate surface area is 132 Å². The topological polar surface area (TPSA) is 106 Å². The van der Waals surface area contributed by atoms with E-state index in [4.69, 9.17) is 5.73 Å². The van der Waals surface area contributed by atoms with Gasteiger partial charge in [0.2, 0.25) is 0 Å². The molecule has 0 amide bonds. The summed E-state index contributed by atoms with van der Waals surface area (Å²) in [7, 11) is 0. The Bertz CT molecular complexity index is 814. The number of nitrogens with two attached hydrogens (primary N) is 1. The lowest BCUT2D eigenvalue weighted by Gasteiger charge is -2.22. The minimum Gasteiger partial charge on any atom is -0.370 e. The van der Waals surface area contributed by atoms with Crippen LogP contribution in [0.1, 0.15) is 22.7 Å². The molecule has 0 radical (unpaired) electrons. The maximum atomic E-state index is 11.0. The van der Waals surface area contributed by atoms with Crippen LogP contribution in [0.5, 0.6) is 0 Å². The van der Waals surface area contributed by atoms with Gasteiger partial charge in [0.15, 0.2) is 5.96 Å². The largest absolute Gasteiger partial charge is 0.370 e. The lowest BCUT2D eigenvalue weighted by Crippen LogP contribution is -2.36. The van der Waals surface area contributed by atoms with Gasteiger partial charge in [-0.3, -0.25) is 15.1 Å². The molecule has 2 aromatic rings. The first-order chi connectivity index (χ1) is 11.0. The number of nitrogens with one attached hydrogen (secondary N) is 1. The highest BCUT2D eigenvalue weighted by atomic mass is 16.6. The summed E-state index contributed by atoms with van der Waals surface area (Å²) in [4.78, 5) is 19.0. The van der Waals surface area contributed by atoms with Crippen molar-refractivity contribution in [1.82, 2.24) is 10.3 Å². The molecule has 1 aromatic carbocycles. The van der Waals surface area contributed by atoms with Crippen LogP contribution in [0.4, 0.5) is 5.69 Å². The summed E-state index contributed by atoms with van der Waals surface area (Å²) < 4.78 is 0. The van der Waals surface area contributed by atoms with E-state index < -0.39 is 4.92 Å². The van der Waals surface area contributed by atoms with Crippen LogP contribution in [-0.2, 0) is 0 Å². The van der Waals surface area contributed by atoms with Crippen LogP contribution in [0, 0.1) is 17.0 Å². The molecule has 1 aromatic heterocycles. The maximum Gasteiger partial charge on any atom is 0.270 e. The molecule has 7 heteroatoms. The molecular formula is C16H15N5O2. The third-order valence-electron chi connectivity index (χ3n) is 3.62. The summed E-state index contributed by atoms with van der Waals surface area (Å²) in [6.07, 6.45) is 5.32. The van der Waals surface area contributed by atoms with Crippen molar-refractivity contribution >= 4 is 17.3 Å². The number of aliphatic imine (C=N–C) groups is 1. The second-order valence-electron chi connectivity index (χ2n) is 5.21. The maximum absolute atomic E-state index is 11.0. The van der Waals surface area contributed by atoms with Crippen molar-refractivity contribution in [2.75, 3.05) is 0 Å². The Morgan fingerprint density at radius 3 is 2.87 bits per heavy atom. The number of hydrogen-bond acceptors (Lipinski definition) is 6. The predicted octanol–water partition coefficient (Wildman–Crippen LogP) is 2.30. The fourth-order valence-electron chi connectivity index (χ4n) is 2.45. The molecule has 1 aliphatic rings. The highest BCUT2D eigenvalue weighted by Gasteiger charge is 2.19. The van der Waals surface area contributed by atoms with Gasteiger partial charge in [-0.05, 0) is 30.2 Å². The first-order valence-electron chi connectivity index (χ1n) is 7.02. The van der Waals surface area contributed by atoms with E-state index >= 15 is 0 Å². The van der Waals surface area contributed by atoms with Crippen LogP contribution in [0.3, 0.4) is 0 Å². The molecule has 0 bridgehead atoms. The van der Waals surface area contributed by atoms with Gasteiger partial charge >= 0.3 is 0 Å². The van der Waals surface area contributed by atoms with Crippen molar-refractivity contribution in [1.29, 1.82) is 0 Å². The van der Waals surface area contributed by atoms with E-state index in [-0.39, 0.29) is 17.7 Å². The first-order valence-corrected chi connectivity index (χ1v) is 7.02. The fraction of sp³-hybridized carbons (Fsp3) is 0.125. The van der Waals surface area contributed by atoms with Gasteiger partial charge in [-0.15, -0.1) is 0 Å². The lowest BCUT2D eigenvalue weighted by molar-refractivity contribution is -0.384. The highest BCUT2D eigenvalue weighted by molar-refractivity contribution is 5.88. The van der Waals surface area contributed by atoms with Crippen molar-refractivity contribution < 1.29 is 4.92 Å². The zero-order valence-corrected chi connectivity index (χ0v) is 12.4. The molecule has 7 nitrogen and oxygen atoms in total. The number of aromatic nitrogens is 1. The van der Waals surface area contributed by atoms with Crippen molar-refractivity contribution in [3.05, 3.63) is 75.6 Å². The SMILES string of the molecule is Cc1ccc([N+](=O)[O-])cc1C1=CC(c2cccnc2)NC(N)=N1. The standard InChI is InChI=1S/C16H15N5O2/c1-10-4-5-12(21(22)23)7-13(10)15-8-14(19-16(17)20-15)11-3-2-6-18-9-11/h2-9,14H,1H3,(H3,17,19,20). The van der Waals surface area contributed by atoms with E-state index in [0.29, 0.717) is 11.3 Å². The Morgan fingerprint density at radius 2 is 2.17 bits per heavy atom. The number of nitro groups is 1. The number of pyridine rings is 1. The minimum absolute atomic E-state index is 0.0248. The third kappa shape index (κ3) is 3.03. The van der Waals surface area contributed by atoms with Crippen molar-refractivity contribution in [2.24, 2.45) is 10.7 Å². The van der Waals surface area contributed by atoms with Gasteiger partial charge in [-0.1, -0.05) is 12.1 Å². The number of benzene rings is 1. The van der Waals surface area contributed by atoms with Gasteiger partial charge in [0.25, 0.3) is 5.69 Å². The fourth-order valence-corrected chi connectivity index (χ4v) is 2.45. The van der Waals surface area contributed by atoms with Gasteiger partial charge in [0.05, 0.1) is 16.7 Å². The first kappa shape index (κ1) is 14.7. The number of nitrogens with zero attached hydrogens (tertiary/aromatic N) is 3. The smallest absolute Gasteiger partial charge is 0.270 e. The Morgan fingerprint density at radius 1 is 1.35 bits per heavy atom. The molecule has 1 unspecified atom stereocenters. The van der Waals surface area contributed by atoms with Crippen molar-refractivity contribution in [3.63, 3.8) is 0 Å².